The molecule has 0 saturated carbocycles. The molecule has 1 aliphatic rings. The van der Waals surface area contributed by atoms with Crippen molar-refractivity contribution in [3.05, 3.63) is 82.3 Å². The number of carbonyl (C=O) groups is 2. The number of methoxy groups -OCH3 is 2. The lowest BCUT2D eigenvalue weighted by Crippen LogP contribution is -2.67. The number of amides is 2. The first-order valence-corrected chi connectivity index (χ1v) is 10.5. The Kier molecular flexibility index (Phi) is 6.00. The van der Waals surface area contributed by atoms with Crippen LogP contribution in [0.3, 0.4) is 0 Å². The molecule has 1 fully saturated rings. The Labute approximate surface area is 195 Å². The zero-order valence-corrected chi connectivity index (χ0v) is 18.9. The van der Waals surface area contributed by atoms with Gasteiger partial charge in [-0.05, 0) is 54.1 Å². The first-order chi connectivity index (χ1) is 15.4. The van der Waals surface area contributed by atoms with Gasteiger partial charge in [-0.25, -0.2) is 0 Å². The van der Waals surface area contributed by atoms with E-state index in [0.29, 0.717) is 38.5 Å². The van der Waals surface area contributed by atoms with E-state index in [-0.39, 0.29) is 18.2 Å². The number of hydrogen-bond acceptors (Lipinski definition) is 4. The Balaban J connectivity index is 1.85. The number of carbonyl (C=O) groups excluding carboxylic acids is 2. The molecule has 1 heterocycles. The first kappa shape index (κ1) is 22.0. The number of nitrogens with one attached hydrogen (secondary N) is 1. The summed E-state index contributed by atoms with van der Waals surface area (Å²) in [5.41, 5.74) is 0.302. The third-order valence-electron chi connectivity index (χ3n) is 5.42. The normalized spacial score (nSPS) is 17.5. The fourth-order valence-electron chi connectivity index (χ4n) is 3.92. The number of anilines is 2. The molecule has 32 heavy (non-hydrogen) atoms. The van der Waals surface area contributed by atoms with Crippen molar-refractivity contribution in [1.82, 2.24) is 0 Å². The molecule has 0 bridgehead atoms. The lowest BCUT2D eigenvalue weighted by Gasteiger charge is -2.50. The standard InChI is InChI=1S/C24H20Cl2N2O4/c1-31-20-10-9-15(11-21(20)32-2)24(23(30)27-18-7-3-5-16(25)12-18)14-22(29)28(24)19-8-4-6-17(26)13-19/h3-13H,14H2,1-2H3,(H,27,30). The van der Waals surface area contributed by atoms with E-state index in [2.05, 4.69) is 5.32 Å². The Morgan fingerprint density at radius 1 is 0.938 bits per heavy atom. The molecule has 1 atom stereocenters. The fraction of sp³-hybridized carbons (Fsp3) is 0.167. The van der Waals surface area contributed by atoms with Crippen molar-refractivity contribution in [3.63, 3.8) is 0 Å². The van der Waals surface area contributed by atoms with Gasteiger partial charge in [-0.1, -0.05) is 41.4 Å². The minimum Gasteiger partial charge on any atom is -0.493 e. The van der Waals surface area contributed by atoms with Crippen LogP contribution >= 0.6 is 23.2 Å². The van der Waals surface area contributed by atoms with Crippen LogP contribution in [0.4, 0.5) is 11.4 Å². The molecule has 1 saturated heterocycles. The molecular weight excluding hydrogens is 451 g/mol. The topological polar surface area (TPSA) is 67.9 Å². The number of ether oxygens (including phenoxy) is 2. The van der Waals surface area contributed by atoms with Crippen LogP contribution in [-0.4, -0.2) is 26.0 Å². The highest BCUT2D eigenvalue weighted by Crippen LogP contribution is 2.48. The molecule has 1 unspecified atom stereocenters. The largest absolute Gasteiger partial charge is 0.493 e. The summed E-state index contributed by atoms with van der Waals surface area (Å²) in [6.45, 7) is 0. The highest BCUT2D eigenvalue weighted by Gasteiger charge is 2.58. The van der Waals surface area contributed by atoms with E-state index in [1.807, 2.05) is 0 Å². The van der Waals surface area contributed by atoms with Gasteiger partial charge in [0.25, 0.3) is 5.91 Å². The van der Waals surface area contributed by atoms with E-state index < -0.39 is 5.54 Å². The van der Waals surface area contributed by atoms with E-state index >= 15 is 0 Å². The summed E-state index contributed by atoms with van der Waals surface area (Å²) in [7, 11) is 3.05. The average molecular weight is 471 g/mol. The number of β-lactam (4-membered cyclic amide) rings is 1. The molecule has 3 aromatic rings. The minimum absolute atomic E-state index is 0.0264. The fourth-order valence-corrected chi connectivity index (χ4v) is 4.29. The molecular formula is C24H20Cl2N2O4. The van der Waals surface area contributed by atoms with Crippen molar-refractivity contribution in [2.45, 2.75) is 12.0 Å². The maximum atomic E-state index is 13.7. The van der Waals surface area contributed by atoms with Gasteiger partial charge >= 0.3 is 0 Å². The predicted octanol–water partition coefficient (Wildman–Crippen LogP) is 5.28. The quantitative estimate of drug-likeness (QED) is 0.497. The van der Waals surface area contributed by atoms with Crippen molar-refractivity contribution in [3.8, 4) is 11.5 Å². The highest BCUT2D eigenvalue weighted by atomic mass is 35.5. The molecule has 3 aromatic carbocycles. The molecule has 0 aromatic heterocycles. The molecule has 2 amide bonds. The van der Waals surface area contributed by atoms with Gasteiger partial charge in [0, 0.05) is 21.4 Å². The molecule has 6 nitrogen and oxygen atoms in total. The minimum atomic E-state index is -1.32. The molecule has 0 radical (unpaired) electrons. The molecule has 1 N–H and O–H groups in total. The van der Waals surface area contributed by atoms with Gasteiger partial charge in [-0.3, -0.25) is 14.5 Å². The number of benzene rings is 3. The summed E-state index contributed by atoms with van der Waals surface area (Å²) in [6.07, 6.45) is -0.0264. The smallest absolute Gasteiger partial charge is 0.255 e. The van der Waals surface area contributed by atoms with E-state index in [1.165, 1.54) is 19.1 Å². The lowest BCUT2D eigenvalue weighted by molar-refractivity contribution is -0.137. The maximum Gasteiger partial charge on any atom is 0.255 e. The summed E-state index contributed by atoms with van der Waals surface area (Å²) in [6, 6.07) is 18.8. The van der Waals surface area contributed by atoms with Crippen LogP contribution in [-0.2, 0) is 15.1 Å². The average Bonchev–Trinajstić information content (AvgIpc) is 2.76. The second-order valence-electron chi connectivity index (χ2n) is 7.28. The van der Waals surface area contributed by atoms with Gasteiger partial charge in [0.1, 0.15) is 0 Å². The van der Waals surface area contributed by atoms with Crippen LogP contribution in [0.2, 0.25) is 10.0 Å². The summed E-state index contributed by atoms with van der Waals surface area (Å²) < 4.78 is 10.8. The molecule has 164 valence electrons. The van der Waals surface area contributed by atoms with Gasteiger partial charge in [0.15, 0.2) is 17.0 Å². The summed E-state index contributed by atoms with van der Waals surface area (Å²) in [4.78, 5) is 28.0. The Hall–Kier alpha value is -3.22. The number of hydrogen-bond donors (Lipinski definition) is 1. The van der Waals surface area contributed by atoms with Crippen LogP contribution in [0.1, 0.15) is 12.0 Å². The van der Waals surface area contributed by atoms with E-state index in [4.69, 9.17) is 32.7 Å². The number of nitrogens with zero attached hydrogens (tertiary/aromatic N) is 1. The third-order valence-corrected chi connectivity index (χ3v) is 5.89. The Morgan fingerprint density at radius 3 is 2.25 bits per heavy atom. The van der Waals surface area contributed by atoms with Crippen LogP contribution in [0, 0.1) is 0 Å². The summed E-state index contributed by atoms with van der Waals surface area (Å²) in [5.74, 6) is 0.377. The maximum absolute atomic E-state index is 13.7. The van der Waals surface area contributed by atoms with Crippen molar-refractivity contribution in [1.29, 1.82) is 0 Å². The van der Waals surface area contributed by atoms with E-state index in [1.54, 1.807) is 66.7 Å². The van der Waals surface area contributed by atoms with E-state index in [9.17, 15) is 9.59 Å². The third kappa shape index (κ3) is 3.76. The second-order valence-corrected chi connectivity index (χ2v) is 8.15. The molecule has 0 aliphatic carbocycles. The summed E-state index contributed by atoms with van der Waals surface area (Å²) in [5, 5.41) is 3.85. The monoisotopic (exact) mass is 470 g/mol. The van der Waals surface area contributed by atoms with Gasteiger partial charge in [0.2, 0.25) is 5.91 Å². The van der Waals surface area contributed by atoms with Crippen LogP contribution in [0.5, 0.6) is 11.5 Å². The summed E-state index contributed by atoms with van der Waals surface area (Å²) >= 11 is 12.3. The Bertz CT molecular complexity index is 1200. The van der Waals surface area contributed by atoms with Crippen molar-refractivity contribution >= 4 is 46.4 Å². The molecule has 1 aliphatic heterocycles. The van der Waals surface area contributed by atoms with Crippen molar-refractivity contribution in [2.24, 2.45) is 0 Å². The van der Waals surface area contributed by atoms with Gasteiger partial charge in [-0.2, -0.15) is 0 Å². The van der Waals surface area contributed by atoms with Crippen LogP contribution < -0.4 is 19.7 Å². The van der Waals surface area contributed by atoms with Crippen LogP contribution in [0.15, 0.2) is 66.7 Å². The molecule has 4 rings (SSSR count). The van der Waals surface area contributed by atoms with Gasteiger partial charge in [0.05, 0.1) is 20.6 Å². The highest BCUT2D eigenvalue weighted by molar-refractivity contribution is 6.31. The van der Waals surface area contributed by atoms with E-state index in [0.717, 1.165) is 0 Å². The lowest BCUT2D eigenvalue weighted by atomic mass is 9.75. The zero-order valence-electron chi connectivity index (χ0n) is 17.4. The predicted molar refractivity (Wildman–Crippen MR) is 125 cm³/mol. The van der Waals surface area contributed by atoms with Crippen LogP contribution in [0.25, 0.3) is 0 Å². The first-order valence-electron chi connectivity index (χ1n) is 9.77. The Morgan fingerprint density at radius 2 is 1.62 bits per heavy atom. The molecule has 8 heteroatoms. The zero-order chi connectivity index (χ0) is 22.9. The van der Waals surface area contributed by atoms with Gasteiger partial charge in [-0.15, -0.1) is 0 Å². The van der Waals surface area contributed by atoms with Crippen molar-refractivity contribution < 1.29 is 19.1 Å². The van der Waals surface area contributed by atoms with Gasteiger partial charge < -0.3 is 14.8 Å². The number of halogens is 2. The second kappa shape index (κ2) is 8.73. The molecule has 0 spiro atoms. The van der Waals surface area contributed by atoms with Crippen molar-refractivity contribution in [2.75, 3.05) is 24.4 Å². The SMILES string of the molecule is COc1ccc(C2(C(=O)Nc3cccc(Cl)c3)CC(=O)N2c2cccc(Cl)c2)cc1OC. The number of rotatable bonds is 6.